The van der Waals surface area contributed by atoms with Gasteiger partial charge in [-0.25, -0.2) is 13.2 Å². The van der Waals surface area contributed by atoms with Gasteiger partial charge in [0.05, 0.1) is 11.2 Å². The third kappa shape index (κ3) is 3.19. The predicted octanol–water partition coefficient (Wildman–Crippen LogP) is 5.18. The van der Waals surface area contributed by atoms with Gasteiger partial charge in [0, 0.05) is 17.0 Å². The molecule has 1 fully saturated rings. The van der Waals surface area contributed by atoms with Gasteiger partial charge in [-0.15, -0.1) is 0 Å². The summed E-state index contributed by atoms with van der Waals surface area (Å²) in [5.41, 5.74) is 8.07. The average Bonchev–Trinajstić information content (AvgIpc) is 2.97. The second kappa shape index (κ2) is 6.86. The number of carbonyl (C=O) groups excluding carboxylic acids is 1. The minimum atomic E-state index is -0.664. The maximum Gasteiger partial charge on any atom is 0.244 e. The zero-order chi connectivity index (χ0) is 20.0. The molecule has 28 heavy (non-hydrogen) atoms. The molecule has 1 heterocycles. The molecule has 2 aromatic carbocycles. The number of aromatic amines is 1. The molecule has 0 radical (unpaired) electrons. The summed E-state index contributed by atoms with van der Waals surface area (Å²) in [6, 6.07) is 8.07. The Morgan fingerprint density at radius 1 is 1.11 bits per heavy atom. The topological polar surface area (TPSA) is 58.9 Å². The summed E-state index contributed by atoms with van der Waals surface area (Å²) < 4.78 is 41.6. The number of fused-ring (bicyclic) bond motifs is 1. The second-order valence-electron chi connectivity index (χ2n) is 7.44. The Labute approximate surface area is 160 Å². The van der Waals surface area contributed by atoms with E-state index in [1.54, 1.807) is 12.1 Å². The van der Waals surface area contributed by atoms with Crippen molar-refractivity contribution in [1.29, 1.82) is 0 Å². The zero-order valence-corrected chi connectivity index (χ0v) is 15.1. The molecule has 3 aromatic rings. The Hall–Kier alpha value is -3.02. The van der Waals surface area contributed by atoms with Crippen LogP contribution >= 0.6 is 0 Å². The lowest BCUT2D eigenvalue weighted by Gasteiger charge is -2.36. The van der Waals surface area contributed by atoms with Crippen LogP contribution in [0, 0.1) is 23.4 Å². The average molecular weight is 384 g/mol. The number of H-pyrrole nitrogens is 1. The molecule has 0 saturated heterocycles. The van der Waals surface area contributed by atoms with E-state index in [0.717, 1.165) is 24.5 Å². The van der Waals surface area contributed by atoms with Crippen molar-refractivity contribution >= 4 is 16.8 Å². The first kappa shape index (κ1) is 18.3. The van der Waals surface area contributed by atoms with Gasteiger partial charge in [-0.3, -0.25) is 4.79 Å². The Morgan fingerprint density at radius 3 is 2.43 bits per heavy atom. The van der Waals surface area contributed by atoms with Crippen molar-refractivity contribution in [1.82, 2.24) is 4.98 Å². The monoisotopic (exact) mass is 384 g/mol. The predicted molar refractivity (Wildman–Crippen MR) is 102 cm³/mol. The first-order valence-corrected chi connectivity index (χ1v) is 9.07. The molecule has 1 saturated carbocycles. The van der Waals surface area contributed by atoms with Crippen LogP contribution < -0.4 is 5.73 Å². The van der Waals surface area contributed by atoms with Crippen molar-refractivity contribution in [3.63, 3.8) is 0 Å². The highest BCUT2D eigenvalue weighted by Crippen LogP contribution is 2.49. The number of amides is 1. The van der Waals surface area contributed by atoms with Gasteiger partial charge in [0.15, 0.2) is 0 Å². The van der Waals surface area contributed by atoms with Crippen LogP contribution in [0.3, 0.4) is 0 Å². The zero-order valence-electron chi connectivity index (χ0n) is 15.1. The minimum Gasteiger partial charge on any atom is -0.366 e. The summed E-state index contributed by atoms with van der Waals surface area (Å²) in [5.74, 6) is -1.87. The van der Waals surface area contributed by atoms with E-state index in [2.05, 4.69) is 11.6 Å². The fourth-order valence-electron chi connectivity index (χ4n) is 4.10. The molecule has 0 bridgehead atoms. The standard InChI is InChI=1S/C22H19F3N2O/c1-11(22(26)28)6-12-7-14(8-12)19-17-9-16(24)10-18(25)21(17)27-20(19)13-2-4-15(23)5-3-13/h2-5,9-10,12,14,27H,1,6-8H2,(H2,26,28). The normalized spacial score (nSPS) is 18.8. The van der Waals surface area contributed by atoms with E-state index in [0.29, 0.717) is 28.6 Å². The fraction of sp³-hybridized carbons (Fsp3) is 0.227. The molecular weight excluding hydrogens is 365 g/mol. The molecule has 1 aliphatic rings. The first-order valence-electron chi connectivity index (χ1n) is 9.07. The van der Waals surface area contributed by atoms with Gasteiger partial charge in [0.25, 0.3) is 0 Å². The second-order valence-corrected chi connectivity index (χ2v) is 7.44. The fourth-order valence-corrected chi connectivity index (χ4v) is 4.10. The van der Waals surface area contributed by atoms with Crippen LogP contribution in [0.15, 0.2) is 48.6 Å². The largest absolute Gasteiger partial charge is 0.366 e. The smallest absolute Gasteiger partial charge is 0.244 e. The molecule has 0 spiro atoms. The molecule has 3 nitrogen and oxygen atoms in total. The van der Waals surface area contributed by atoms with E-state index in [4.69, 9.17) is 5.73 Å². The van der Waals surface area contributed by atoms with Crippen molar-refractivity contribution < 1.29 is 18.0 Å². The lowest BCUT2D eigenvalue weighted by atomic mass is 9.68. The quantitative estimate of drug-likeness (QED) is 0.585. The SMILES string of the molecule is C=C(CC1CC(c2c(-c3ccc(F)cc3)[nH]c3c(F)cc(F)cc23)C1)C(N)=O. The summed E-state index contributed by atoms with van der Waals surface area (Å²) in [4.78, 5) is 14.3. The van der Waals surface area contributed by atoms with E-state index in [-0.39, 0.29) is 23.2 Å². The highest BCUT2D eigenvalue weighted by molar-refractivity contribution is 5.92. The highest BCUT2D eigenvalue weighted by atomic mass is 19.1. The van der Waals surface area contributed by atoms with E-state index < -0.39 is 17.5 Å². The third-order valence-corrected chi connectivity index (χ3v) is 5.52. The van der Waals surface area contributed by atoms with Crippen molar-refractivity contribution in [2.24, 2.45) is 11.7 Å². The third-order valence-electron chi connectivity index (χ3n) is 5.52. The van der Waals surface area contributed by atoms with Gasteiger partial charge in [0.1, 0.15) is 17.5 Å². The molecule has 1 aromatic heterocycles. The lowest BCUT2D eigenvalue weighted by Crippen LogP contribution is -2.25. The number of hydrogen-bond donors (Lipinski definition) is 2. The lowest BCUT2D eigenvalue weighted by molar-refractivity contribution is -0.114. The molecule has 1 aliphatic carbocycles. The Kier molecular flexibility index (Phi) is 4.49. The molecule has 6 heteroatoms. The van der Waals surface area contributed by atoms with Crippen LogP contribution in [-0.2, 0) is 4.79 Å². The highest BCUT2D eigenvalue weighted by Gasteiger charge is 2.35. The summed E-state index contributed by atoms with van der Waals surface area (Å²) in [7, 11) is 0. The molecule has 1 amide bonds. The van der Waals surface area contributed by atoms with Gasteiger partial charge in [0.2, 0.25) is 5.91 Å². The van der Waals surface area contributed by atoms with E-state index in [1.807, 2.05) is 0 Å². The number of benzene rings is 2. The summed E-state index contributed by atoms with van der Waals surface area (Å²) >= 11 is 0. The maximum absolute atomic E-state index is 14.3. The Morgan fingerprint density at radius 2 is 1.79 bits per heavy atom. The van der Waals surface area contributed by atoms with Crippen molar-refractivity contribution in [3.05, 3.63) is 71.6 Å². The van der Waals surface area contributed by atoms with E-state index >= 15 is 0 Å². The van der Waals surface area contributed by atoms with Gasteiger partial charge < -0.3 is 10.7 Å². The van der Waals surface area contributed by atoms with Crippen LogP contribution in [0.2, 0.25) is 0 Å². The van der Waals surface area contributed by atoms with Crippen LogP contribution in [0.1, 0.15) is 30.7 Å². The number of hydrogen-bond acceptors (Lipinski definition) is 1. The first-order chi connectivity index (χ1) is 13.3. The van der Waals surface area contributed by atoms with Crippen molar-refractivity contribution in [2.75, 3.05) is 0 Å². The van der Waals surface area contributed by atoms with E-state index in [9.17, 15) is 18.0 Å². The Balaban J connectivity index is 1.74. The maximum atomic E-state index is 14.3. The van der Waals surface area contributed by atoms with Crippen LogP contribution in [-0.4, -0.2) is 10.9 Å². The van der Waals surface area contributed by atoms with Crippen LogP contribution in [0.5, 0.6) is 0 Å². The van der Waals surface area contributed by atoms with E-state index in [1.165, 1.54) is 18.2 Å². The minimum absolute atomic E-state index is 0.0701. The van der Waals surface area contributed by atoms with Crippen molar-refractivity contribution in [3.8, 4) is 11.3 Å². The molecule has 0 aliphatic heterocycles. The number of rotatable bonds is 5. The number of halogens is 3. The summed E-state index contributed by atoms with van der Waals surface area (Å²) in [6.45, 7) is 3.69. The Bertz CT molecular complexity index is 1080. The van der Waals surface area contributed by atoms with Gasteiger partial charge in [-0.1, -0.05) is 6.58 Å². The molecule has 144 valence electrons. The van der Waals surface area contributed by atoms with Gasteiger partial charge >= 0.3 is 0 Å². The molecule has 3 N–H and O–H groups in total. The van der Waals surface area contributed by atoms with Gasteiger partial charge in [-0.2, -0.15) is 0 Å². The molecule has 0 unspecified atom stereocenters. The number of primary amides is 1. The van der Waals surface area contributed by atoms with Crippen molar-refractivity contribution in [2.45, 2.75) is 25.2 Å². The molecule has 0 atom stereocenters. The number of aromatic nitrogens is 1. The molecular formula is C22H19F3N2O. The number of nitrogens with two attached hydrogens (primary N) is 1. The number of carbonyl (C=O) groups is 1. The molecule has 4 rings (SSSR count). The van der Waals surface area contributed by atoms with Crippen LogP contribution in [0.4, 0.5) is 13.2 Å². The number of nitrogens with one attached hydrogen (secondary N) is 1. The van der Waals surface area contributed by atoms with Crippen LogP contribution in [0.25, 0.3) is 22.2 Å². The van der Waals surface area contributed by atoms with Gasteiger partial charge in [-0.05, 0) is 72.6 Å². The summed E-state index contributed by atoms with van der Waals surface area (Å²) in [6.07, 6.45) is 2.03. The summed E-state index contributed by atoms with van der Waals surface area (Å²) in [5, 5.41) is 0.494.